The molecule has 2 aliphatic rings. The van der Waals surface area contributed by atoms with Crippen LogP contribution in [0.3, 0.4) is 0 Å². The highest BCUT2D eigenvalue weighted by molar-refractivity contribution is 6.29. The lowest BCUT2D eigenvalue weighted by Gasteiger charge is -2.42. The predicted molar refractivity (Wildman–Crippen MR) is 128 cm³/mol. The van der Waals surface area contributed by atoms with Crippen molar-refractivity contribution in [1.29, 1.82) is 0 Å². The molecule has 30 heavy (non-hydrogen) atoms. The SMILES string of the molecule is CCOc1cc(C(C)C(C)CCC=C(C)C)cc2c1C1CC(Cl)=CC=C1C(C)(C)O2. The Morgan fingerprint density at radius 1 is 1.27 bits per heavy atom. The Bertz CT molecular complexity index is 871. The summed E-state index contributed by atoms with van der Waals surface area (Å²) in [5.74, 6) is 3.12. The van der Waals surface area contributed by atoms with Crippen molar-refractivity contribution in [2.75, 3.05) is 6.61 Å². The molecule has 0 fully saturated rings. The lowest BCUT2D eigenvalue weighted by atomic mass is 9.74. The highest BCUT2D eigenvalue weighted by Gasteiger charge is 2.42. The molecule has 1 aliphatic heterocycles. The fourth-order valence-corrected chi connectivity index (χ4v) is 4.90. The van der Waals surface area contributed by atoms with E-state index in [0.29, 0.717) is 18.4 Å². The van der Waals surface area contributed by atoms with E-state index in [4.69, 9.17) is 21.1 Å². The number of allylic oxidation sites excluding steroid dienone is 5. The lowest BCUT2D eigenvalue weighted by molar-refractivity contribution is 0.123. The quantitative estimate of drug-likeness (QED) is 0.406. The van der Waals surface area contributed by atoms with E-state index in [0.717, 1.165) is 34.9 Å². The fourth-order valence-electron chi connectivity index (χ4n) is 4.68. The van der Waals surface area contributed by atoms with Crippen LogP contribution in [-0.2, 0) is 0 Å². The van der Waals surface area contributed by atoms with Crippen LogP contribution in [0.4, 0.5) is 0 Å². The smallest absolute Gasteiger partial charge is 0.128 e. The Morgan fingerprint density at radius 2 is 2.00 bits per heavy atom. The van der Waals surface area contributed by atoms with Gasteiger partial charge in [-0.15, -0.1) is 0 Å². The average molecular weight is 429 g/mol. The van der Waals surface area contributed by atoms with E-state index in [-0.39, 0.29) is 11.5 Å². The normalized spacial score (nSPS) is 21.3. The van der Waals surface area contributed by atoms with Crippen LogP contribution in [0.2, 0.25) is 0 Å². The number of halogens is 1. The topological polar surface area (TPSA) is 18.5 Å². The zero-order valence-electron chi connectivity index (χ0n) is 19.6. The van der Waals surface area contributed by atoms with Crippen molar-refractivity contribution in [3.05, 3.63) is 57.7 Å². The minimum atomic E-state index is -0.355. The first-order valence-corrected chi connectivity index (χ1v) is 11.7. The van der Waals surface area contributed by atoms with Gasteiger partial charge in [-0.2, -0.15) is 0 Å². The predicted octanol–water partition coefficient (Wildman–Crippen LogP) is 8.28. The average Bonchev–Trinajstić information content (AvgIpc) is 2.66. The van der Waals surface area contributed by atoms with E-state index in [9.17, 15) is 0 Å². The summed E-state index contributed by atoms with van der Waals surface area (Å²) in [6.45, 7) is 16.0. The Kier molecular flexibility index (Phi) is 7.07. The summed E-state index contributed by atoms with van der Waals surface area (Å²) in [4.78, 5) is 0. The third-order valence-electron chi connectivity index (χ3n) is 6.61. The second-order valence-electron chi connectivity index (χ2n) is 9.59. The number of hydrogen-bond donors (Lipinski definition) is 0. The molecule has 0 aromatic heterocycles. The van der Waals surface area contributed by atoms with Crippen LogP contribution in [-0.4, -0.2) is 12.2 Å². The second kappa shape index (κ2) is 9.22. The van der Waals surface area contributed by atoms with Gasteiger partial charge in [-0.25, -0.2) is 0 Å². The molecule has 3 atom stereocenters. The number of fused-ring (bicyclic) bond motifs is 3. The molecule has 0 amide bonds. The van der Waals surface area contributed by atoms with Crippen LogP contribution in [0.1, 0.15) is 90.7 Å². The first-order valence-electron chi connectivity index (χ1n) is 11.3. The Morgan fingerprint density at radius 3 is 2.67 bits per heavy atom. The molecular formula is C27H37ClO2. The van der Waals surface area contributed by atoms with Gasteiger partial charge >= 0.3 is 0 Å². The molecule has 0 N–H and O–H groups in total. The van der Waals surface area contributed by atoms with E-state index in [1.165, 1.54) is 23.1 Å². The highest BCUT2D eigenvalue weighted by Crippen LogP contribution is 2.53. The van der Waals surface area contributed by atoms with Crippen LogP contribution in [0.5, 0.6) is 11.5 Å². The molecule has 3 unspecified atom stereocenters. The van der Waals surface area contributed by atoms with Crippen LogP contribution in [0.15, 0.2) is 46.5 Å². The molecule has 1 aromatic carbocycles. The number of hydrogen-bond acceptors (Lipinski definition) is 2. The molecule has 1 aromatic rings. The van der Waals surface area contributed by atoms with Crippen molar-refractivity contribution in [3.63, 3.8) is 0 Å². The lowest BCUT2D eigenvalue weighted by Crippen LogP contribution is -2.38. The summed E-state index contributed by atoms with van der Waals surface area (Å²) in [5.41, 5.74) is 4.76. The zero-order chi connectivity index (χ0) is 22.1. The van der Waals surface area contributed by atoms with Gasteiger partial charge in [0, 0.05) is 16.5 Å². The molecule has 0 saturated carbocycles. The summed E-state index contributed by atoms with van der Waals surface area (Å²) < 4.78 is 12.7. The molecule has 0 bridgehead atoms. The van der Waals surface area contributed by atoms with Crippen LogP contribution >= 0.6 is 11.6 Å². The van der Waals surface area contributed by atoms with Crippen LogP contribution in [0.25, 0.3) is 0 Å². The summed E-state index contributed by atoms with van der Waals surface area (Å²) >= 11 is 6.45. The molecule has 0 saturated heterocycles. The molecule has 164 valence electrons. The van der Waals surface area contributed by atoms with Gasteiger partial charge in [0.25, 0.3) is 0 Å². The number of benzene rings is 1. The number of ether oxygens (including phenoxy) is 2. The molecule has 0 spiro atoms. The minimum Gasteiger partial charge on any atom is -0.493 e. The summed E-state index contributed by atoms with van der Waals surface area (Å²) in [6.07, 6.45) is 9.59. The highest BCUT2D eigenvalue weighted by atomic mass is 35.5. The molecule has 3 heteroatoms. The second-order valence-corrected chi connectivity index (χ2v) is 10.1. The third kappa shape index (κ3) is 4.80. The van der Waals surface area contributed by atoms with Gasteiger partial charge in [-0.1, -0.05) is 43.2 Å². The van der Waals surface area contributed by atoms with Gasteiger partial charge in [-0.05, 0) is 95.1 Å². The zero-order valence-corrected chi connectivity index (χ0v) is 20.4. The van der Waals surface area contributed by atoms with Gasteiger partial charge in [0.1, 0.15) is 17.1 Å². The van der Waals surface area contributed by atoms with Crippen molar-refractivity contribution < 1.29 is 9.47 Å². The van der Waals surface area contributed by atoms with Crippen molar-refractivity contribution in [2.24, 2.45) is 5.92 Å². The van der Waals surface area contributed by atoms with Gasteiger partial charge in [-0.3, -0.25) is 0 Å². The Labute approximate surface area is 188 Å². The summed E-state index contributed by atoms with van der Waals surface area (Å²) in [6, 6.07) is 4.50. The molecular weight excluding hydrogens is 392 g/mol. The first-order chi connectivity index (χ1) is 14.1. The van der Waals surface area contributed by atoms with Gasteiger partial charge < -0.3 is 9.47 Å². The maximum Gasteiger partial charge on any atom is 0.128 e. The van der Waals surface area contributed by atoms with Gasteiger partial charge in [0.15, 0.2) is 0 Å². The third-order valence-corrected chi connectivity index (χ3v) is 6.89. The van der Waals surface area contributed by atoms with Crippen molar-refractivity contribution in [3.8, 4) is 11.5 Å². The number of rotatable bonds is 7. The largest absolute Gasteiger partial charge is 0.493 e. The van der Waals surface area contributed by atoms with E-state index in [1.807, 2.05) is 13.0 Å². The molecule has 1 heterocycles. The van der Waals surface area contributed by atoms with Crippen molar-refractivity contribution >= 4 is 11.6 Å². The van der Waals surface area contributed by atoms with Gasteiger partial charge in [0.05, 0.1) is 6.61 Å². The summed E-state index contributed by atoms with van der Waals surface area (Å²) in [7, 11) is 0. The van der Waals surface area contributed by atoms with Crippen molar-refractivity contribution in [1.82, 2.24) is 0 Å². The van der Waals surface area contributed by atoms with E-state index < -0.39 is 0 Å². The maximum absolute atomic E-state index is 6.56. The Balaban J connectivity index is 1.99. The molecule has 0 radical (unpaired) electrons. The fraction of sp³-hybridized carbons (Fsp3) is 0.556. The van der Waals surface area contributed by atoms with Gasteiger partial charge in [0.2, 0.25) is 0 Å². The van der Waals surface area contributed by atoms with Crippen molar-refractivity contribution in [2.45, 2.75) is 85.2 Å². The first kappa shape index (κ1) is 23.0. The summed E-state index contributed by atoms with van der Waals surface area (Å²) in [5, 5.41) is 0.889. The minimum absolute atomic E-state index is 0.210. The molecule has 2 nitrogen and oxygen atoms in total. The van der Waals surface area contributed by atoms with E-state index in [1.54, 1.807) is 0 Å². The molecule has 1 aliphatic carbocycles. The van der Waals surface area contributed by atoms with Crippen LogP contribution in [0, 0.1) is 5.92 Å². The van der Waals surface area contributed by atoms with E-state index in [2.05, 4.69) is 65.8 Å². The standard InChI is InChI=1S/C27H37ClO2/c1-8-29-24-14-20(19(5)18(4)11-9-10-17(2)3)15-25-26(24)22-16-21(28)12-13-23(22)27(6,7)30-25/h10,12-15,18-19,22H,8-9,11,16H2,1-7H3. The Hall–Kier alpha value is -1.67. The monoisotopic (exact) mass is 428 g/mol. The maximum atomic E-state index is 6.56. The molecule has 3 rings (SSSR count). The van der Waals surface area contributed by atoms with E-state index >= 15 is 0 Å². The van der Waals surface area contributed by atoms with Crippen LogP contribution < -0.4 is 9.47 Å².